The van der Waals surface area contributed by atoms with E-state index in [1.54, 1.807) is 0 Å². The van der Waals surface area contributed by atoms with Crippen LogP contribution in [0.3, 0.4) is 0 Å². The fourth-order valence-corrected chi connectivity index (χ4v) is 5.23. The van der Waals surface area contributed by atoms with Crippen LogP contribution in [0.25, 0.3) is 0 Å². The summed E-state index contributed by atoms with van der Waals surface area (Å²) in [5.74, 6) is 0.552. The molecule has 1 spiro atoms. The molecule has 2 aliphatic heterocycles. The Labute approximate surface area is 168 Å². The molecular formula is C22H34N4O2. The first-order chi connectivity index (χ1) is 13.4. The molecule has 4 rings (SSSR count). The number of urea groups is 1. The first-order valence-corrected chi connectivity index (χ1v) is 10.8. The zero-order chi connectivity index (χ0) is 19.6. The molecule has 0 atom stereocenters. The summed E-state index contributed by atoms with van der Waals surface area (Å²) in [6, 6.07) is 4.22. The third kappa shape index (κ3) is 4.43. The Morgan fingerprint density at radius 3 is 2.54 bits per heavy atom. The van der Waals surface area contributed by atoms with Gasteiger partial charge in [0.15, 0.2) is 0 Å². The Bertz CT molecular complexity index is 664. The molecule has 6 heteroatoms. The van der Waals surface area contributed by atoms with E-state index in [1.807, 2.05) is 17.3 Å². The Morgan fingerprint density at radius 1 is 1.18 bits per heavy atom. The molecular weight excluding hydrogens is 352 g/mol. The fraction of sp³-hybridized carbons (Fsp3) is 0.727. The van der Waals surface area contributed by atoms with Gasteiger partial charge in [-0.3, -0.25) is 4.98 Å². The van der Waals surface area contributed by atoms with Crippen molar-refractivity contribution in [1.29, 1.82) is 0 Å². The van der Waals surface area contributed by atoms with Gasteiger partial charge in [-0.25, -0.2) is 4.79 Å². The van der Waals surface area contributed by atoms with Crippen LogP contribution in [0, 0.1) is 5.92 Å². The van der Waals surface area contributed by atoms with E-state index in [0.29, 0.717) is 12.5 Å². The first kappa shape index (κ1) is 19.5. The predicted molar refractivity (Wildman–Crippen MR) is 111 cm³/mol. The number of aromatic nitrogens is 1. The lowest BCUT2D eigenvalue weighted by Gasteiger charge is -2.48. The molecule has 1 saturated carbocycles. The molecule has 2 amide bonds. The van der Waals surface area contributed by atoms with Crippen LogP contribution in [0.2, 0.25) is 0 Å². The number of pyridine rings is 1. The molecule has 0 radical (unpaired) electrons. The van der Waals surface area contributed by atoms with Crippen molar-refractivity contribution in [3.8, 4) is 0 Å². The monoisotopic (exact) mass is 386 g/mol. The van der Waals surface area contributed by atoms with Gasteiger partial charge in [0, 0.05) is 37.7 Å². The molecule has 0 aromatic carbocycles. The van der Waals surface area contributed by atoms with E-state index in [0.717, 1.165) is 51.9 Å². The molecule has 1 aromatic heterocycles. The van der Waals surface area contributed by atoms with Crippen molar-refractivity contribution < 1.29 is 9.53 Å². The van der Waals surface area contributed by atoms with Crippen LogP contribution in [0.1, 0.15) is 52.4 Å². The summed E-state index contributed by atoms with van der Waals surface area (Å²) in [5, 5.41) is 3.22. The summed E-state index contributed by atoms with van der Waals surface area (Å²) in [6.07, 6.45) is 10.5. The lowest BCUT2D eigenvalue weighted by atomic mass is 9.94. The van der Waals surface area contributed by atoms with Gasteiger partial charge in [-0.2, -0.15) is 0 Å². The molecule has 2 saturated heterocycles. The molecule has 28 heavy (non-hydrogen) atoms. The number of ether oxygens (including phenoxy) is 1. The Morgan fingerprint density at radius 2 is 1.86 bits per heavy atom. The smallest absolute Gasteiger partial charge is 0.317 e. The van der Waals surface area contributed by atoms with E-state index in [9.17, 15) is 4.79 Å². The Kier molecular flexibility index (Phi) is 5.50. The second-order valence-corrected chi connectivity index (χ2v) is 9.43. The van der Waals surface area contributed by atoms with Crippen LogP contribution < -0.4 is 10.2 Å². The van der Waals surface area contributed by atoms with Crippen LogP contribution in [0.5, 0.6) is 0 Å². The number of anilines is 1. The zero-order valence-corrected chi connectivity index (χ0v) is 17.3. The minimum Gasteiger partial charge on any atom is -0.371 e. The number of amides is 2. The molecule has 3 heterocycles. The number of carbonyl (C=O) groups excluding carboxylic acids is 1. The second kappa shape index (κ2) is 7.90. The van der Waals surface area contributed by atoms with Crippen LogP contribution in [-0.2, 0) is 4.74 Å². The molecule has 3 fully saturated rings. The number of morpholine rings is 1. The predicted octanol–water partition coefficient (Wildman–Crippen LogP) is 3.43. The van der Waals surface area contributed by atoms with Crippen LogP contribution in [-0.4, -0.2) is 59.8 Å². The average Bonchev–Trinajstić information content (AvgIpc) is 3.12. The molecule has 1 N–H and O–H groups in total. The summed E-state index contributed by atoms with van der Waals surface area (Å²) in [5.41, 5.74) is 0.861. The molecule has 1 aromatic rings. The number of nitrogens with zero attached hydrogens (tertiary/aromatic N) is 3. The number of hydrogen-bond donors (Lipinski definition) is 1. The number of piperidine rings is 1. The molecule has 154 valence electrons. The highest BCUT2D eigenvalue weighted by Gasteiger charge is 2.47. The number of hydrogen-bond acceptors (Lipinski definition) is 4. The first-order valence-electron chi connectivity index (χ1n) is 10.8. The fourth-order valence-electron chi connectivity index (χ4n) is 5.23. The summed E-state index contributed by atoms with van der Waals surface area (Å²) >= 11 is 0. The van der Waals surface area contributed by atoms with Crippen LogP contribution in [0.4, 0.5) is 10.5 Å². The lowest BCUT2D eigenvalue weighted by Crippen LogP contribution is -2.61. The van der Waals surface area contributed by atoms with Crippen molar-refractivity contribution in [1.82, 2.24) is 15.2 Å². The van der Waals surface area contributed by atoms with Gasteiger partial charge in [0.05, 0.1) is 24.3 Å². The van der Waals surface area contributed by atoms with Crippen LogP contribution >= 0.6 is 0 Å². The van der Waals surface area contributed by atoms with Crippen molar-refractivity contribution in [2.24, 2.45) is 5.92 Å². The van der Waals surface area contributed by atoms with Crippen molar-refractivity contribution in [3.63, 3.8) is 0 Å². The number of nitrogens with one attached hydrogen (secondary N) is 1. The third-order valence-corrected chi connectivity index (χ3v) is 6.53. The van der Waals surface area contributed by atoms with Gasteiger partial charge in [0.25, 0.3) is 0 Å². The molecule has 0 bridgehead atoms. The van der Waals surface area contributed by atoms with Crippen molar-refractivity contribution in [2.75, 3.05) is 37.6 Å². The van der Waals surface area contributed by atoms with Crippen molar-refractivity contribution >= 4 is 11.7 Å². The van der Waals surface area contributed by atoms with Gasteiger partial charge in [-0.15, -0.1) is 0 Å². The minimum absolute atomic E-state index is 0.0826. The van der Waals surface area contributed by atoms with Crippen LogP contribution in [0.15, 0.2) is 24.5 Å². The number of rotatable bonds is 3. The van der Waals surface area contributed by atoms with E-state index >= 15 is 0 Å². The normalized spacial score (nSPS) is 24.5. The van der Waals surface area contributed by atoms with E-state index in [4.69, 9.17) is 4.74 Å². The SMILES string of the molecule is CC1(C)CN(C(=O)NCC2CCN(c3ccncc3)CC2)CC2(CCCC2)O1. The quantitative estimate of drug-likeness (QED) is 0.865. The summed E-state index contributed by atoms with van der Waals surface area (Å²) in [7, 11) is 0. The van der Waals surface area contributed by atoms with Gasteiger partial charge < -0.3 is 19.9 Å². The zero-order valence-electron chi connectivity index (χ0n) is 17.3. The third-order valence-electron chi connectivity index (χ3n) is 6.53. The summed E-state index contributed by atoms with van der Waals surface area (Å²) < 4.78 is 6.42. The second-order valence-electron chi connectivity index (χ2n) is 9.43. The standard InChI is InChI=1S/C22H34N4O2/c1-21(2)16-26(17-22(28-21)9-3-4-10-22)20(27)24-15-18-7-13-25(14-8-18)19-5-11-23-12-6-19/h5-6,11-12,18H,3-4,7-10,13-17H2,1-2H3,(H,24,27). The van der Waals surface area contributed by atoms with Crippen molar-refractivity contribution in [3.05, 3.63) is 24.5 Å². The highest BCUT2D eigenvalue weighted by atomic mass is 16.5. The van der Waals surface area contributed by atoms with Gasteiger partial charge in [0.1, 0.15) is 0 Å². The Hall–Kier alpha value is -1.82. The van der Waals surface area contributed by atoms with E-state index in [1.165, 1.54) is 18.5 Å². The maximum absolute atomic E-state index is 12.9. The highest BCUT2D eigenvalue weighted by Crippen LogP contribution is 2.40. The van der Waals surface area contributed by atoms with Gasteiger partial charge in [-0.1, -0.05) is 12.8 Å². The summed E-state index contributed by atoms with van der Waals surface area (Å²) in [4.78, 5) is 21.4. The number of carbonyl (C=O) groups is 1. The molecule has 6 nitrogen and oxygen atoms in total. The van der Waals surface area contributed by atoms with E-state index in [-0.39, 0.29) is 17.2 Å². The molecule has 0 unspecified atom stereocenters. The van der Waals surface area contributed by atoms with Gasteiger partial charge in [0.2, 0.25) is 0 Å². The van der Waals surface area contributed by atoms with Crippen molar-refractivity contribution in [2.45, 2.75) is 63.6 Å². The molecule has 3 aliphatic rings. The minimum atomic E-state index is -0.268. The van der Waals surface area contributed by atoms with E-state index in [2.05, 4.69) is 41.2 Å². The highest BCUT2D eigenvalue weighted by molar-refractivity contribution is 5.74. The molecule has 1 aliphatic carbocycles. The van der Waals surface area contributed by atoms with Gasteiger partial charge in [-0.05, 0) is 57.6 Å². The van der Waals surface area contributed by atoms with Gasteiger partial charge >= 0.3 is 6.03 Å². The maximum Gasteiger partial charge on any atom is 0.317 e. The largest absolute Gasteiger partial charge is 0.371 e. The Balaban J connectivity index is 1.26. The topological polar surface area (TPSA) is 57.7 Å². The van der Waals surface area contributed by atoms with E-state index < -0.39 is 0 Å². The maximum atomic E-state index is 12.9. The summed E-state index contributed by atoms with van der Waals surface area (Å²) in [6.45, 7) is 8.48. The average molecular weight is 387 g/mol. The lowest BCUT2D eigenvalue weighted by molar-refractivity contribution is -0.184.